The van der Waals surface area contributed by atoms with Gasteiger partial charge in [-0.25, -0.2) is 0 Å². The fourth-order valence-electron chi connectivity index (χ4n) is 2.75. The fourth-order valence-corrected chi connectivity index (χ4v) is 2.75. The summed E-state index contributed by atoms with van der Waals surface area (Å²) < 4.78 is 11.8. The normalized spacial score (nSPS) is 10.2. The lowest BCUT2D eigenvalue weighted by molar-refractivity contribution is -0.00000642. The Balaban J connectivity index is 0.00000280. The van der Waals surface area contributed by atoms with Crippen molar-refractivity contribution in [1.29, 1.82) is 0 Å². The quantitative estimate of drug-likeness (QED) is 0.596. The number of nitrogens with one attached hydrogen (secondary N) is 1. The second kappa shape index (κ2) is 11.3. The predicted molar refractivity (Wildman–Crippen MR) is 108 cm³/mol. The van der Waals surface area contributed by atoms with Crippen molar-refractivity contribution in [2.24, 2.45) is 0 Å². The van der Waals surface area contributed by atoms with Gasteiger partial charge in [0.1, 0.15) is 6.61 Å². The number of aryl methyl sites for hydroxylation is 1. The summed E-state index contributed by atoms with van der Waals surface area (Å²) in [5, 5.41) is 3.43. The van der Waals surface area contributed by atoms with Crippen LogP contribution in [0.1, 0.15) is 29.2 Å². The predicted octanol–water partition coefficient (Wildman–Crippen LogP) is 1.66. The highest BCUT2D eigenvalue weighted by Gasteiger charge is 2.07. The van der Waals surface area contributed by atoms with E-state index in [1.165, 1.54) is 11.1 Å². The first-order valence-electron chi connectivity index (χ1n) is 9.28. The van der Waals surface area contributed by atoms with Crippen LogP contribution in [-0.2, 0) is 19.7 Å². The lowest BCUT2D eigenvalue weighted by atomic mass is 10.1. The Kier molecular flexibility index (Phi) is 8.79. The van der Waals surface area contributed by atoms with E-state index in [2.05, 4.69) is 53.6 Å². The number of hydrogen-bond donors (Lipinski definition) is 1. The first kappa shape index (κ1) is 21.7. The van der Waals surface area contributed by atoms with Crippen LogP contribution in [0.2, 0.25) is 0 Å². The third-order valence-corrected chi connectivity index (χ3v) is 4.20. The van der Waals surface area contributed by atoms with E-state index in [0.717, 1.165) is 35.7 Å². The maximum absolute atomic E-state index is 5.99. The fraction of sp³-hybridized carbons (Fsp3) is 0.261. The van der Waals surface area contributed by atoms with Crippen LogP contribution in [0, 0.1) is 6.92 Å². The van der Waals surface area contributed by atoms with Crippen molar-refractivity contribution in [3.8, 4) is 11.5 Å². The van der Waals surface area contributed by atoms with Crippen molar-refractivity contribution in [2.75, 3.05) is 6.61 Å². The van der Waals surface area contributed by atoms with Crippen LogP contribution in [-0.4, -0.2) is 11.6 Å². The first-order chi connectivity index (χ1) is 13.2. The van der Waals surface area contributed by atoms with Crippen molar-refractivity contribution in [3.63, 3.8) is 0 Å². The molecule has 0 amide bonds. The van der Waals surface area contributed by atoms with Gasteiger partial charge in [-0.2, -0.15) is 0 Å². The Labute approximate surface area is 173 Å². The third kappa shape index (κ3) is 6.55. The minimum Gasteiger partial charge on any atom is -1.00 e. The number of benzene rings is 2. The molecule has 1 heterocycles. The molecule has 0 radical (unpaired) electrons. The summed E-state index contributed by atoms with van der Waals surface area (Å²) in [5.74, 6) is 1.55. The van der Waals surface area contributed by atoms with Gasteiger partial charge in [0.2, 0.25) is 0 Å². The standard InChI is InChI=1S/C23H26N2O2.ClH/c1-3-26-23-13-20(14-25-16-21-5-4-12-24-15-21)10-11-22(23)27-17-19-8-6-18(2)7-9-19;/h4-13,15,25H,3,14,16-17H2,1-2H3;1H/p-1. The van der Waals surface area contributed by atoms with Crippen LogP contribution in [0.3, 0.4) is 0 Å². The number of pyridine rings is 1. The highest BCUT2D eigenvalue weighted by molar-refractivity contribution is 5.43. The summed E-state index contributed by atoms with van der Waals surface area (Å²) in [4.78, 5) is 4.13. The third-order valence-electron chi connectivity index (χ3n) is 4.20. The average molecular weight is 398 g/mol. The molecule has 0 fully saturated rings. The molecule has 0 unspecified atom stereocenters. The van der Waals surface area contributed by atoms with Crippen molar-refractivity contribution in [3.05, 3.63) is 89.2 Å². The molecule has 0 aliphatic rings. The van der Waals surface area contributed by atoms with Crippen molar-refractivity contribution in [2.45, 2.75) is 33.5 Å². The average Bonchev–Trinajstić information content (AvgIpc) is 2.70. The Hall–Kier alpha value is -2.56. The molecule has 148 valence electrons. The van der Waals surface area contributed by atoms with Gasteiger partial charge in [0.15, 0.2) is 11.5 Å². The Morgan fingerprint density at radius 1 is 0.857 bits per heavy atom. The lowest BCUT2D eigenvalue weighted by Crippen LogP contribution is -3.00. The van der Waals surface area contributed by atoms with Crippen molar-refractivity contribution < 1.29 is 21.9 Å². The molecule has 0 bridgehead atoms. The van der Waals surface area contributed by atoms with Crippen LogP contribution in [0.15, 0.2) is 67.0 Å². The SMILES string of the molecule is CCOc1cc(CNCc2cccnc2)ccc1OCc1ccc(C)cc1.[Cl-]. The molecule has 5 heteroatoms. The summed E-state index contributed by atoms with van der Waals surface area (Å²) >= 11 is 0. The zero-order valence-corrected chi connectivity index (χ0v) is 17.1. The smallest absolute Gasteiger partial charge is 0.161 e. The summed E-state index contributed by atoms with van der Waals surface area (Å²) in [6.07, 6.45) is 3.66. The highest BCUT2D eigenvalue weighted by atomic mass is 35.5. The van der Waals surface area contributed by atoms with E-state index < -0.39 is 0 Å². The maximum Gasteiger partial charge on any atom is 0.161 e. The molecule has 1 aromatic heterocycles. The first-order valence-corrected chi connectivity index (χ1v) is 9.28. The van der Waals surface area contributed by atoms with E-state index in [-0.39, 0.29) is 12.4 Å². The molecule has 0 saturated carbocycles. The van der Waals surface area contributed by atoms with E-state index in [9.17, 15) is 0 Å². The molecule has 0 spiro atoms. The van der Waals surface area contributed by atoms with Gasteiger partial charge in [-0.05, 0) is 48.7 Å². The van der Waals surface area contributed by atoms with Gasteiger partial charge < -0.3 is 27.2 Å². The number of aromatic nitrogens is 1. The molecular weight excluding hydrogens is 372 g/mol. The van der Waals surface area contributed by atoms with Crippen LogP contribution in [0.5, 0.6) is 11.5 Å². The summed E-state index contributed by atoms with van der Waals surface area (Å²) in [7, 11) is 0. The van der Waals surface area contributed by atoms with E-state index in [1.54, 1.807) is 6.20 Å². The molecule has 3 aromatic rings. The molecule has 0 aliphatic carbocycles. The second-order valence-corrected chi connectivity index (χ2v) is 6.45. The monoisotopic (exact) mass is 397 g/mol. The molecule has 0 saturated heterocycles. The number of hydrogen-bond acceptors (Lipinski definition) is 4. The van der Waals surface area contributed by atoms with Gasteiger partial charge in [0, 0.05) is 25.5 Å². The molecule has 3 rings (SSSR count). The topological polar surface area (TPSA) is 43.4 Å². The molecule has 2 aromatic carbocycles. The van der Waals surface area contributed by atoms with Crippen molar-refractivity contribution in [1.82, 2.24) is 10.3 Å². The maximum atomic E-state index is 5.99. The Morgan fingerprint density at radius 3 is 2.32 bits per heavy atom. The number of nitrogens with zero attached hydrogens (tertiary/aromatic N) is 1. The van der Waals surface area contributed by atoms with Gasteiger partial charge in [0.25, 0.3) is 0 Å². The molecular formula is C23H26ClN2O2-. The molecule has 28 heavy (non-hydrogen) atoms. The largest absolute Gasteiger partial charge is 1.00 e. The molecule has 0 atom stereocenters. The summed E-state index contributed by atoms with van der Waals surface area (Å²) in [5.41, 5.74) is 4.72. The van der Waals surface area contributed by atoms with Gasteiger partial charge in [-0.15, -0.1) is 0 Å². The van der Waals surface area contributed by atoms with Crippen molar-refractivity contribution >= 4 is 0 Å². The minimum atomic E-state index is 0. The van der Waals surface area contributed by atoms with Crippen LogP contribution in [0.25, 0.3) is 0 Å². The molecule has 4 nitrogen and oxygen atoms in total. The van der Waals surface area contributed by atoms with Crippen LogP contribution in [0.4, 0.5) is 0 Å². The van der Waals surface area contributed by atoms with E-state index in [1.807, 2.05) is 31.3 Å². The van der Waals surface area contributed by atoms with Gasteiger partial charge in [0.05, 0.1) is 6.61 Å². The zero-order chi connectivity index (χ0) is 18.9. The van der Waals surface area contributed by atoms with E-state index in [0.29, 0.717) is 13.2 Å². The highest BCUT2D eigenvalue weighted by Crippen LogP contribution is 2.29. The minimum absolute atomic E-state index is 0. The van der Waals surface area contributed by atoms with Gasteiger partial charge in [-0.3, -0.25) is 4.98 Å². The number of halogens is 1. The van der Waals surface area contributed by atoms with Crippen LogP contribution < -0.4 is 27.2 Å². The molecule has 0 aliphatic heterocycles. The Morgan fingerprint density at radius 2 is 1.61 bits per heavy atom. The number of rotatable bonds is 9. The van der Waals surface area contributed by atoms with Crippen LogP contribution >= 0.6 is 0 Å². The van der Waals surface area contributed by atoms with E-state index >= 15 is 0 Å². The summed E-state index contributed by atoms with van der Waals surface area (Å²) in [6, 6.07) is 18.5. The zero-order valence-electron chi connectivity index (χ0n) is 16.3. The number of ether oxygens (including phenoxy) is 2. The summed E-state index contributed by atoms with van der Waals surface area (Å²) in [6.45, 7) is 6.74. The lowest BCUT2D eigenvalue weighted by Gasteiger charge is -2.14. The van der Waals surface area contributed by atoms with Gasteiger partial charge >= 0.3 is 0 Å². The van der Waals surface area contributed by atoms with Gasteiger partial charge in [-0.1, -0.05) is 42.0 Å². The van der Waals surface area contributed by atoms with E-state index in [4.69, 9.17) is 9.47 Å². The Bertz CT molecular complexity index is 839. The second-order valence-electron chi connectivity index (χ2n) is 6.45. The molecule has 1 N–H and O–H groups in total.